The molecule has 2 N–H and O–H groups in total. The summed E-state index contributed by atoms with van der Waals surface area (Å²) in [5.74, 6) is 1.54. The first-order chi connectivity index (χ1) is 8.12. The van der Waals surface area contributed by atoms with Crippen molar-refractivity contribution in [2.24, 2.45) is 17.6 Å². The van der Waals surface area contributed by atoms with E-state index in [1.807, 2.05) is 0 Å². The van der Waals surface area contributed by atoms with Crippen LogP contribution in [0.2, 0.25) is 0 Å². The van der Waals surface area contributed by atoms with Gasteiger partial charge in [0.2, 0.25) is 0 Å². The van der Waals surface area contributed by atoms with Crippen molar-refractivity contribution in [2.75, 3.05) is 19.6 Å². The summed E-state index contributed by atoms with van der Waals surface area (Å²) in [6.45, 7) is 12.5. The van der Waals surface area contributed by atoms with Crippen LogP contribution in [0.1, 0.15) is 59.8 Å². The molecule has 1 fully saturated rings. The largest absolute Gasteiger partial charge is 0.329 e. The molecule has 2 nitrogen and oxygen atoms in total. The van der Waals surface area contributed by atoms with Crippen LogP contribution >= 0.6 is 0 Å². The summed E-state index contributed by atoms with van der Waals surface area (Å²) in [5, 5.41) is 0. The lowest BCUT2D eigenvalue weighted by atomic mass is 9.66. The van der Waals surface area contributed by atoms with Crippen LogP contribution in [-0.4, -0.2) is 30.1 Å². The second-order valence-electron chi connectivity index (χ2n) is 5.98. The number of rotatable bonds is 6. The van der Waals surface area contributed by atoms with Gasteiger partial charge in [-0.3, -0.25) is 4.90 Å². The van der Waals surface area contributed by atoms with Crippen LogP contribution in [0.15, 0.2) is 0 Å². The SMILES string of the molecule is CCCN(CC)C1(CN)CCCCC1C(C)C. The summed E-state index contributed by atoms with van der Waals surface area (Å²) >= 11 is 0. The Morgan fingerprint density at radius 1 is 1.29 bits per heavy atom. The zero-order valence-corrected chi connectivity index (χ0v) is 12.3. The number of hydrogen-bond donors (Lipinski definition) is 1. The van der Waals surface area contributed by atoms with Gasteiger partial charge in [-0.25, -0.2) is 0 Å². The molecule has 1 saturated carbocycles. The van der Waals surface area contributed by atoms with Crippen molar-refractivity contribution < 1.29 is 0 Å². The lowest BCUT2D eigenvalue weighted by molar-refractivity contribution is -0.0107. The zero-order valence-electron chi connectivity index (χ0n) is 12.3. The summed E-state index contributed by atoms with van der Waals surface area (Å²) in [6, 6.07) is 0. The summed E-state index contributed by atoms with van der Waals surface area (Å²) in [5.41, 5.74) is 6.52. The highest BCUT2D eigenvalue weighted by molar-refractivity contribution is 5.00. The molecule has 2 atom stereocenters. The van der Waals surface area contributed by atoms with Crippen molar-refractivity contribution in [1.82, 2.24) is 4.90 Å². The number of likely N-dealkylation sites (N-methyl/N-ethyl adjacent to an activating group) is 1. The van der Waals surface area contributed by atoms with Crippen molar-refractivity contribution in [1.29, 1.82) is 0 Å². The van der Waals surface area contributed by atoms with Crippen molar-refractivity contribution in [3.05, 3.63) is 0 Å². The summed E-state index contributed by atoms with van der Waals surface area (Å²) < 4.78 is 0. The van der Waals surface area contributed by atoms with Crippen molar-refractivity contribution in [3.8, 4) is 0 Å². The van der Waals surface area contributed by atoms with E-state index in [9.17, 15) is 0 Å². The minimum atomic E-state index is 0.289. The van der Waals surface area contributed by atoms with Crippen LogP contribution in [0.25, 0.3) is 0 Å². The van der Waals surface area contributed by atoms with E-state index in [1.54, 1.807) is 0 Å². The van der Waals surface area contributed by atoms with E-state index < -0.39 is 0 Å². The molecule has 0 aliphatic heterocycles. The number of hydrogen-bond acceptors (Lipinski definition) is 2. The molecule has 0 aromatic heterocycles. The van der Waals surface area contributed by atoms with Gasteiger partial charge >= 0.3 is 0 Å². The second kappa shape index (κ2) is 6.75. The summed E-state index contributed by atoms with van der Waals surface area (Å²) in [4.78, 5) is 2.68. The van der Waals surface area contributed by atoms with Crippen LogP contribution in [0, 0.1) is 11.8 Å². The highest BCUT2D eigenvalue weighted by atomic mass is 15.2. The average molecular weight is 240 g/mol. The molecule has 0 amide bonds. The fourth-order valence-corrected chi connectivity index (χ4v) is 3.94. The maximum atomic E-state index is 6.23. The molecule has 1 aliphatic rings. The molecule has 0 radical (unpaired) electrons. The maximum absolute atomic E-state index is 6.23. The lowest BCUT2D eigenvalue weighted by Crippen LogP contribution is -2.61. The Balaban J connectivity index is 2.94. The molecule has 2 unspecified atom stereocenters. The monoisotopic (exact) mass is 240 g/mol. The highest BCUT2D eigenvalue weighted by Gasteiger charge is 2.44. The Hall–Kier alpha value is -0.0800. The smallest absolute Gasteiger partial charge is 0.0362 e. The van der Waals surface area contributed by atoms with Gasteiger partial charge in [-0.1, -0.05) is 40.5 Å². The molecule has 0 spiro atoms. The van der Waals surface area contributed by atoms with E-state index in [-0.39, 0.29) is 5.54 Å². The van der Waals surface area contributed by atoms with Crippen molar-refractivity contribution >= 4 is 0 Å². The summed E-state index contributed by atoms with van der Waals surface area (Å²) in [6.07, 6.45) is 6.67. The predicted octanol–water partition coefficient (Wildman–Crippen LogP) is 3.26. The highest BCUT2D eigenvalue weighted by Crippen LogP contribution is 2.41. The maximum Gasteiger partial charge on any atom is 0.0362 e. The van der Waals surface area contributed by atoms with E-state index in [0.717, 1.165) is 24.9 Å². The van der Waals surface area contributed by atoms with E-state index >= 15 is 0 Å². The summed E-state index contributed by atoms with van der Waals surface area (Å²) in [7, 11) is 0. The molecule has 102 valence electrons. The Bertz CT molecular complexity index is 215. The van der Waals surface area contributed by atoms with Gasteiger partial charge in [0.15, 0.2) is 0 Å². The molecule has 0 saturated heterocycles. The molecule has 2 heteroatoms. The standard InChI is InChI=1S/C15H32N2/c1-5-11-17(6-2)15(12-16)10-8-7-9-14(15)13(3)4/h13-14H,5-12,16H2,1-4H3. The normalized spacial score (nSPS) is 30.2. The minimum Gasteiger partial charge on any atom is -0.329 e. The van der Waals surface area contributed by atoms with Crippen LogP contribution < -0.4 is 5.73 Å². The first-order valence-corrected chi connectivity index (χ1v) is 7.57. The topological polar surface area (TPSA) is 29.3 Å². The quantitative estimate of drug-likeness (QED) is 0.772. The third-order valence-electron chi connectivity index (χ3n) is 4.73. The van der Waals surface area contributed by atoms with Gasteiger partial charge in [-0.15, -0.1) is 0 Å². The van der Waals surface area contributed by atoms with Gasteiger partial charge in [0.25, 0.3) is 0 Å². The molecule has 0 heterocycles. The molecule has 1 aliphatic carbocycles. The van der Waals surface area contributed by atoms with Crippen LogP contribution in [0.4, 0.5) is 0 Å². The average Bonchev–Trinajstić information content (AvgIpc) is 2.35. The number of nitrogens with zero attached hydrogens (tertiary/aromatic N) is 1. The molecule has 0 bridgehead atoms. The first-order valence-electron chi connectivity index (χ1n) is 7.57. The molecule has 17 heavy (non-hydrogen) atoms. The Morgan fingerprint density at radius 2 is 2.00 bits per heavy atom. The van der Waals surface area contributed by atoms with E-state index in [4.69, 9.17) is 5.73 Å². The molecular weight excluding hydrogens is 208 g/mol. The lowest BCUT2D eigenvalue weighted by Gasteiger charge is -2.52. The third-order valence-corrected chi connectivity index (χ3v) is 4.73. The Kier molecular flexibility index (Phi) is 5.94. The Labute approximate surface area is 108 Å². The third kappa shape index (κ3) is 3.03. The minimum absolute atomic E-state index is 0.289. The molecule has 1 rings (SSSR count). The predicted molar refractivity (Wildman–Crippen MR) is 76.1 cm³/mol. The fourth-order valence-electron chi connectivity index (χ4n) is 3.94. The van der Waals surface area contributed by atoms with E-state index in [0.29, 0.717) is 0 Å². The van der Waals surface area contributed by atoms with Gasteiger partial charge < -0.3 is 5.73 Å². The van der Waals surface area contributed by atoms with Gasteiger partial charge in [-0.05, 0) is 44.2 Å². The zero-order chi connectivity index (χ0) is 12.9. The van der Waals surface area contributed by atoms with Crippen molar-refractivity contribution in [3.63, 3.8) is 0 Å². The second-order valence-corrected chi connectivity index (χ2v) is 5.98. The van der Waals surface area contributed by atoms with Gasteiger partial charge in [0.1, 0.15) is 0 Å². The first kappa shape index (κ1) is 15.0. The molecule has 0 aromatic carbocycles. The molecule has 0 aromatic rings. The molecular formula is C15H32N2. The van der Waals surface area contributed by atoms with E-state index in [1.165, 1.54) is 38.6 Å². The van der Waals surface area contributed by atoms with E-state index in [2.05, 4.69) is 32.6 Å². The Morgan fingerprint density at radius 3 is 2.47 bits per heavy atom. The fraction of sp³-hybridized carbons (Fsp3) is 1.00. The van der Waals surface area contributed by atoms with Crippen molar-refractivity contribution in [2.45, 2.75) is 65.3 Å². The van der Waals surface area contributed by atoms with Crippen LogP contribution in [0.5, 0.6) is 0 Å². The van der Waals surface area contributed by atoms with Gasteiger partial charge in [-0.2, -0.15) is 0 Å². The number of nitrogens with two attached hydrogens (primary N) is 1. The van der Waals surface area contributed by atoms with Gasteiger partial charge in [0.05, 0.1) is 0 Å². The van der Waals surface area contributed by atoms with Crippen LogP contribution in [-0.2, 0) is 0 Å². The van der Waals surface area contributed by atoms with Crippen LogP contribution in [0.3, 0.4) is 0 Å². The van der Waals surface area contributed by atoms with Gasteiger partial charge in [0, 0.05) is 12.1 Å².